The molecular formula is C54H44N4O8S. The number of nitrogens with one attached hydrogen (secondary N) is 2. The lowest BCUT2D eigenvalue weighted by molar-refractivity contribution is -0.173. The number of phenolic OH excluding ortho intramolecular Hbond substituents is 2. The predicted octanol–water partition coefficient (Wildman–Crippen LogP) is 9.19. The van der Waals surface area contributed by atoms with Gasteiger partial charge in [-0.1, -0.05) is 36.4 Å². The van der Waals surface area contributed by atoms with Crippen molar-refractivity contribution in [3.8, 4) is 39.7 Å². The smallest absolute Gasteiger partial charge is 0.336 e. The molecule has 4 aliphatic carbocycles. The molecule has 6 aromatic rings. The Labute approximate surface area is 389 Å². The van der Waals surface area contributed by atoms with Crippen molar-refractivity contribution in [1.82, 2.24) is 9.47 Å². The molecule has 1 aromatic heterocycles. The van der Waals surface area contributed by atoms with E-state index in [1.807, 2.05) is 18.2 Å². The number of carbonyl (C=O) groups is 1. The number of piperidine rings is 1. The van der Waals surface area contributed by atoms with Crippen LogP contribution in [0, 0.1) is 5.92 Å². The first-order chi connectivity index (χ1) is 32.5. The van der Waals surface area contributed by atoms with Crippen LogP contribution in [-0.4, -0.2) is 65.7 Å². The first-order valence-corrected chi connectivity index (χ1v) is 23.2. The number of aromatic nitrogens is 1. The molecule has 13 rings (SSSR count). The molecule has 2 bridgehead atoms. The number of ether oxygens (including phenoxy) is 1. The molecule has 5 aromatic carbocycles. The standard InChI is InChI=1S/C54H44N4O8S/c59-33-12-15-37-43(23-33)65-44-24-34(60)13-16-38(44)46(37)39-22-32(11-14-36(39)51(62)63)56-52(67)55-31-5-3-4-29(20-31)27-58-41-7-2-1-6-35(41)40-25-54(64)45-21-30-10-17-42(61)49-47(30)53(54,50(66-49)48(40)58)18-19-57(45)26-28-8-9-28/h1-7,10-17,20,22-24,28,45,50,59,61,64H,8-9,18-19,21,25-27H2,(H,62,63)(H2,55,56,67)/t45-,50+,53+,54-/m1/s1. The number of benzene rings is 6. The zero-order valence-electron chi connectivity index (χ0n) is 36.1. The molecule has 67 heavy (non-hydrogen) atoms. The Morgan fingerprint density at radius 1 is 0.866 bits per heavy atom. The van der Waals surface area contributed by atoms with Gasteiger partial charge in [0.2, 0.25) is 0 Å². The van der Waals surface area contributed by atoms with Gasteiger partial charge in [0.1, 0.15) is 17.1 Å². The van der Waals surface area contributed by atoms with Crippen LogP contribution >= 0.6 is 12.2 Å². The first kappa shape index (κ1) is 40.1. The van der Waals surface area contributed by atoms with Gasteiger partial charge in [-0.25, -0.2) is 4.79 Å². The molecule has 6 N–H and O–H groups in total. The predicted molar refractivity (Wildman–Crippen MR) is 259 cm³/mol. The van der Waals surface area contributed by atoms with Gasteiger partial charge >= 0.3 is 5.97 Å². The summed E-state index contributed by atoms with van der Waals surface area (Å²) >= 11 is 5.87. The highest BCUT2D eigenvalue weighted by atomic mass is 32.1. The molecule has 4 heterocycles. The van der Waals surface area contributed by atoms with E-state index in [1.165, 1.54) is 43.2 Å². The van der Waals surface area contributed by atoms with Gasteiger partial charge in [-0.2, -0.15) is 0 Å². The van der Waals surface area contributed by atoms with Crippen LogP contribution in [-0.2, 0) is 24.8 Å². The van der Waals surface area contributed by atoms with Crippen molar-refractivity contribution in [2.24, 2.45) is 5.92 Å². The highest BCUT2D eigenvalue weighted by Gasteiger charge is 2.73. The number of hydrogen-bond donors (Lipinski definition) is 6. The summed E-state index contributed by atoms with van der Waals surface area (Å²) in [5, 5.41) is 54.0. The fourth-order valence-electron chi connectivity index (χ4n) is 12.4. The molecule has 13 heteroatoms. The van der Waals surface area contributed by atoms with Crippen LogP contribution in [0.4, 0.5) is 11.4 Å². The van der Waals surface area contributed by atoms with E-state index in [1.54, 1.807) is 30.3 Å². The Bertz CT molecular complexity index is 3490. The number of thiocarbonyl (C=S) groups is 1. The SMILES string of the molecule is O=C(O)c1ccc(NC(=S)Nc2cccc(Cn3c4c(c5ccccc53)C[C@@]3(O)[C@H]5Cc6ccc(O)c7c6[C@@]3(CCN5CC3CC3)[C@H]4O7)c2)cc1-c1c2ccc(=O)cc-2oc2cc(O)ccc12. The molecule has 7 aliphatic rings. The third-order valence-electron chi connectivity index (χ3n) is 15.3. The van der Waals surface area contributed by atoms with Crippen LogP contribution in [0.15, 0.2) is 124 Å². The second kappa shape index (κ2) is 14.4. The monoisotopic (exact) mass is 908 g/mol. The van der Waals surface area contributed by atoms with E-state index in [9.17, 15) is 30.0 Å². The maximum atomic E-state index is 13.5. The number of carboxylic acid groups (broad SMARTS) is 1. The number of para-hydroxylation sites is 1. The minimum absolute atomic E-state index is 0.0284. The number of fused-ring (bicyclic) bond motifs is 6. The fraction of sp³-hybridized carbons (Fsp3) is 0.241. The third-order valence-corrected chi connectivity index (χ3v) is 15.5. The summed E-state index contributed by atoms with van der Waals surface area (Å²) in [5.74, 6) is 0.383. The average molecular weight is 909 g/mol. The third kappa shape index (κ3) is 5.94. The Morgan fingerprint density at radius 3 is 2.54 bits per heavy atom. The van der Waals surface area contributed by atoms with Crippen LogP contribution in [0.3, 0.4) is 0 Å². The number of anilines is 2. The van der Waals surface area contributed by atoms with Crippen LogP contribution < -0.4 is 20.8 Å². The van der Waals surface area contributed by atoms with Gasteiger partial charge in [-0.3, -0.25) is 9.69 Å². The number of aliphatic hydroxyl groups is 1. The van der Waals surface area contributed by atoms with E-state index in [-0.39, 0.29) is 45.0 Å². The van der Waals surface area contributed by atoms with Crippen molar-refractivity contribution in [2.75, 3.05) is 23.7 Å². The summed E-state index contributed by atoms with van der Waals surface area (Å²) in [5.41, 5.74) is 7.25. The van der Waals surface area contributed by atoms with Gasteiger partial charge < -0.3 is 44.8 Å². The second-order valence-corrected chi connectivity index (χ2v) is 19.5. The molecule has 0 amide bonds. The number of hydrogen-bond acceptors (Lipinski definition) is 9. The second-order valence-electron chi connectivity index (χ2n) is 19.1. The number of nitrogens with zero attached hydrogens (tertiary/aromatic N) is 2. The summed E-state index contributed by atoms with van der Waals surface area (Å²) < 4.78 is 15.4. The first-order valence-electron chi connectivity index (χ1n) is 22.8. The summed E-state index contributed by atoms with van der Waals surface area (Å²) in [4.78, 5) is 27.6. The number of phenols is 2. The van der Waals surface area contributed by atoms with Gasteiger partial charge in [0.15, 0.2) is 28.1 Å². The van der Waals surface area contributed by atoms with E-state index in [0.29, 0.717) is 52.4 Å². The fourth-order valence-corrected chi connectivity index (χ4v) is 12.6. The van der Waals surface area contributed by atoms with Crippen molar-refractivity contribution >= 4 is 56.5 Å². The van der Waals surface area contributed by atoms with Crippen molar-refractivity contribution in [3.05, 3.63) is 159 Å². The van der Waals surface area contributed by atoms with Crippen molar-refractivity contribution in [1.29, 1.82) is 0 Å². The lowest BCUT2D eigenvalue weighted by Gasteiger charge is -2.63. The van der Waals surface area contributed by atoms with E-state index in [4.69, 9.17) is 21.4 Å². The molecule has 1 spiro atoms. The zero-order chi connectivity index (χ0) is 45.5. The van der Waals surface area contributed by atoms with Gasteiger partial charge in [-0.05, 0) is 139 Å². The number of rotatable bonds is 8. The maximum Gasteiger partial charge on any atom is 0.336 e. The highest BCUT2D eigenvalue weighted by Crippen LogP contribution is 2.69. The van der Waals surface area contributed by atoms with Crippen molar-refractivity contribution < 1.29 is 34.4 Å². The van der Waals surface area contributed by atoms with Crippen LogP contribution in [0.2, 0.25) is 0 Å². The summed E-state index contributed by atoms with van der Waals surface area (Å²) in [6, 6.07) is 34.0. The van der Waals surface area contributed by atoms with E-state index in [2.05, 4.69) is 56.5 Å². The molecule has 4 atom stereocenters. The average Bonchev–Trinajstić information content (AvgIpc) is 3.98. The molecule has 1 saturated heterocycles. The Hall–Kier alpha value is -7.19. The van der Waals surface area contributed by atoms with Crippen LogP contribution in [0.1, 0.15) is 63.7 Å². The number of carboxylic acids is 1. The topological polar surface area (TPSA) is 170 Å². The quantitative estimate of drug-likeness (QED) is 0.0633. The lowest BCUT2D eigenvalue weighted by atomic mass is 9.49. The molecule has 0 radical (unpaired) electrons. The van der Waals surface area contributed by atoms with Gasteiger partial charge in [0.05, 0.1) is 22.3 Å². The molecule has 334 valence electrons. The molecule has 1 saturated carbocycles. The molecule has 2 fully saturated rings. The number of likely N-dealkylation sites (tertiary alicyclic amines) is 1. The van der Waals surface area contributed by atoms with Crippen molar-refractivity contribution in [2.45, 2.75) is 61.8 Å². The van der Waals surface area contributed by atoms with Crippen molar-refractivity contribution in [3.63, 3.8) is 0 Å². The van der Waals surface area contributed by atoms with Gasteiger partial charge in [0.25, 0.3) is 0 Å². The minimum Gasteiger partial charge on any atom is -0.508 e. The maximum absolute atomic E-state index is 13.5. The number of aromatic carboxylic acids is 1. The Balaban J connectivity index is 0.836. The van der Waals surface area contributed by atoms with Crippen LogP contribution in [0.5, 0.6) is 17.2 Å². The normalized spacial score (nSPS) is 22.3. The Morgan fingerprint density at radius 2 is 1.70 bits per heavy atom. The van der Waals surface area contributed by atoms with E-state index >= 15 is 0 Å². The zero-order valence-corrected chi connectivity index (χ0v) is 36.9. The van der Waals surface area contributed by atoms with Gasteiger partial charge in [-0.15, -0.1) is 0 Å². The van der Waals surface area contributed by atoms with E-state index in [0.717, 1.165) is 70.5 Å². The molecule has 0 unspecified atom stereocenters. The summed E-state index contributed by atoms with van der Waals surface area (Å²) in [6.45, 7) is 2.37. The van der Waals surface area contributed by atoms with E-state index < -0.39 is 23.1 Å². The summed E-state index contributed by atoms with van der Waals surface area (Å²) in [6.07, 6.45) is 3.92. The number of aromatic hydroxyl groups is 2. The Kier molecular flexibility index (Phi) is 8.62. The molecular weight excluding hydrogens is 865 g/mol. The van der Waals surface area contributed by atoms with Gasteiger partial charge in [0, 0.05) is 82.0 Å². The van der Waals surface area contributed by atoms with Crippen LogP contribution in [0.25, 0.3) is 44.3 Å². The minimum atomic E-state index is -1.14. The summed E-state index contributed by atoms with van der Waals surface area (Å²) in [7, 11) is 0. The molecule has 3 aliphatic heterocycles. The largest absolute Gasteiger partial charge is 0.508 e. The lowest BCUT2D eigenvalue weighted by Crippen LogP contribution is -2.74. The molecule has 12 nitrogen and oxygen atoms in total. The highest BCUT2D eigenvalue weighted by molar-refractivity contribution is 7.80.